The molecule has 138 valence electrons. The van der Waals surface area contributed by atoms with Crippen LogP contribution in [0.3, 0.4) is 0 Å². The molecule has 2 aliphatic carbocycles. The Hall–Kier alpha value is -0.790. The Kier molecular flexibility index (Phi) is 7.84. The third kappa shape index (κ3) is 4.86. The highest BCUT2D eigenvalue weighted by molar-refractivity contribution is 5.73. The first-order valence-corrected chi connectivity index (χ1v) is 10.5. The van der Waals surface area contributed by atoms with E-state index in [0.29, 0.717) is 5.92 Å². The Bertz CT molecular complexity index is 414. The van der Waals surface area contributed by atoms with E-state index in [0.717, 1.165) is 50.9 Å². The van der Waals surface area contributed by atoms with E-state index in [1.165, 1.54) is 32.1 Å². The average Bonchev–Trinajstić information content (AvgIpc) is 3.18. The highest BCUT2D eigenvalue weighted by atomic mass is 16.6. The van der Waals surface area contributed by atoms with Crippen LogP contribution in [-0.4, -0.2) is 11.6 Å². The second-order valence-electron chi connectivity index (χ2n) is 8.10. The van der Waals surface area contributed by atoms with Gasteiger partial charge in [-0.2, -0.15) is 0 Å². The summed E-state index contributed by atoms with van der Waals surface area (Å²) in [4.78, 5) is 12.9. The minimum Gasteiger partial charge on any atom is -0.459 e. The van der Waals surface area contributed by atoms with Crippen LogP contribution < -0.4 is 0 Å². The van der Waals surface area contributed by atoms with Crippen LogP contribution >= 0.6 is 0 Å². The van der Waals surface area contributed by atoms with Gasteiger partial charge in [0.2, 0.25) is 0 Å². The first-order chi connectivity index (χ1) is 11.6. The minimum atomic E-state index is -0.118. The lowest BCUT2D eigenvalue weighted by Gasteiger charge is -2.37. The minimum absolute atomic E-state index is 0.101. The van der Waals surface area contributed by atoms with Gasteiger partial charge < -0.3 is 4.74 Å². The van der Waals surface area contributed by atoms with Crippen LogP contribution in [0.5, 0.6) is 0 Å². The van der Waals surface area contributed by atoms with Gasteiger partial charge in [0.25, 0.3) is 0 Å². The lowest BCUT2D eigenvalue weighted by Crippen LogP contribution is -2.41. The number of hydrogen-bond donors (Lipinski definition) is 0. The van der Waals surface area contributed by atoms with E-state index >= 15 is 0 Å². The summed E-state index contributed by atoms with van der Waals surface area (Å²) < 4.78 is 6.24. The molecule has 2 aliphatic rings. The molecule has 2 rings (SSSR count). The fourth-order valence-electron chi connectivity index (χ4n) is 4.92. The number of fused-ring (bicyclic) bond motifs is 2. The van der Waals surface area contributed by atoms with E-state index in [1.807, 2.05) is 0 Å². The molecule has 4 atom stereocenters. The van der Waals surface area contributed by atoms with E-state index < -0.39 is 0 Å². The van der Waals surface area contributed by atoms with Gasteiger partial charge in [0.15, 0.2) is 0 Å². The molecule has 4 unspecified atom stereocenters. The zero-order chi connectivity index (χ0) is 17.4. The molecular formula is C22H38O2. The summed E-state index contributed by atoms with van der Waals surface area (Å²) in [6.45, 7) is 6.59. The lowest BCUT2D eigenvalue weighted by atomic mass is 9.81. The quantitative estimate of drug-likeness (QED) is 0.247. The molecule has 2 saturated carbocycles. The summed E-state index contributed by atoms with van der Waals surface area (Å²) in [6, 6.07) is 0. The van der Waals surface area contributed by atoms with Gasteiger partial charge in [0, 0.05) is 0 Å². The van der Waals surface area contributed by atoms with Crippen molar-refractivity contribution in [2.75, 3.05) is 0 Å². The average molecular weight is 335 g/mol. The molecule has 0 aromatic rings. The number of carbonyl (C=O) groups is 1. The van der Waals surface area contributed by atoms with E-state index in [1.54, 1.807) is 0 Å². The Balaban J connectivity index is 1.84. The summed E-state index contributed by atoms with van der Waals surface area (Å²) >= 11 is 0. The molecule has 0 amide bonds. The van der Waals surface area contributed by atoms with Gasteiger partial charge in [-0.3, -0.25) is 4.79 Å². The fourth-order valence-corrected chi connectivity index (χ4v) is 4.92. The molecule has 0 saturated heterocycles. The summed E-state index contributed by atoms with van der Waals surface area (Å²) in [6.07, 6.45) is 18.2. The molecule has 0 spiro atoms. The van der Waals surface area contributed by atoms with Crippen LogP contribution in [0.1, 0.15) is 97.8 Å². The number of unbranched alkanes of at least 4 members (excludes halogenated alkanes) is 2. The molecule has 2 heteroatoms. The molecular weight excluding hydrogens is 296 g/mol. The van der Waals surface area contributed by atoms with Crippen molar-refractivity contribution < 1.29 is 9.53 Å². The van der Waals surface area contributed by atoms with E-state index in [-0.39, 0.29) is 17.5 Å². The van der Waals surface area contributed by atoms with Crippen molar-refractivity contribution >= 4 is 5.97 Å². The van der Waals surface area contributed by atoms with Crippen molar-refractivity contribution in [1.29, 1.82) is 0 Å². The second kappa shape index (κ2) is 9.63. The van der Waals surface area contributed by atoms with Crippen LogP contribution in [0.25, 0.3) is 0 Å². The van der Waals surface area contributed by atoms with Crippen LogP contribution in [0, 0.1) is 17.8 Å². The van der Waals surface area contributed by atoms with Crippen LogP contribution in [0.4, 0.5) is 0 Å². The first kappa shape index (κ1) is 19.5. The number of ether oxygens (including phenoxy) is 1. The second-order valence-corrected chi connectivity index (χ2v) is 8.10. The number of carbonyl (C=O) groups excluding carboxylic acids is 1. The maximum Gasteiger partial charge on any atom is 0.309 e. The molecule has 24 heavy (non-hydrogen) atoms. The zero-order valence-electron chi connectivity index (χ0n) is 16.2. The molecule has 2 fully saturated rings. The van der Waals surface area contributed by atoms with Crippen molar-refractivity contribution in [3.8, 4) is 0 Å². The third-order valence-corrected chi connectivity index (χ3v) is 6.34. The van der Waals surface area contributed by atoms with Crippen LogP contribution in [-0.2, 0) is 9.53 Å². The van der Waals surface area contributed by atoms with Crippen LogP contribution in [0.15, 0.2) is 12.2 Å². The van der Waals surface area contributed by atoms with Crippen LogP contribution in [0.2, 0.25) is 0 Å². The lowest BCUT2D eigenvalue weighted by molar-refractivity contribution is -0.172. The Labute approximate surface area is 149 Å². The SMILES string of the molecule is CCC/C=C/CCCC(CCC)C(=O)OC1(CC)CC2CCC1C2. The molecule has 2 nitrogen and oxygen atoms in total. The third-order valence-electron chi connectivity index (χ3n) is 6.34. The Morgan fingerprint density at radius 3 is 2.50 bits per heavy atom. The highest BCUT2D eigenvalue weighted by Crippen LogP contribution is 2.54. The van der Waals surface area contributed by atoms with E-state index in [9.17, 15) is 4.79 Å². The molecule has 0 heterocycles. The molecule has 0 radical (unpaired) electrons. The standard InChI is InChI=1S/C22H38O2/c1-4-7-8-9-10-11-13-19(12-5-2)21(23)24-22(6-3)17-18-14-15-20(22)16-18/h8-9,18-20H,4-7,10-17H2,1-3H3/b9-8+. The first-order valence-electron chi connectivity index (χ1n) is 10.5. The Morgan fingerprint density at radius 2 is 1.92 bits per heavy atom. The highest BCUT2D eigenvalue weighted by Gasteiger charge is 2.52. The van der Waals surface area contributed by atoms with Crippen molar-refractivity contribution in [2.45, 2.75) is 103 Å². The van der Waals surface area contributed by atoms with Crippen molar-refractivity contribution in [3.05, 3.63) is 12.2 Å². The van der Waals surface area contributed by atoms with Crippen molar-refractivity contribution in [2.24, 2.45) is 17.8 Å². The Morgan fingerprint density at radius 1 is 1.12 bits per heavy atom. The molecule has 0 N–H and O–H groups in total. The topological polar surface area (TPSA) is 26.3 Å². The van der Waals surface area contributed by atoms with E-state index in [4.69, 9.17) is 4.74 Å². The summed E-state index contributed by atoms with van der Waals surface area (Å²) in [7, 11) is 0. The summed E-state index contributed by atoms with van der Waals surface area (Å²) in [5.74, 6) is 1.66. The van der Waals surface area contributed by atoms with Gasteiger partial charge in [-0.15, -0.1) is 0 Å². The van der Waals surface area contributed by atoms with Crippen molar-refractivity contribution in [1.82, 2.24) is 0 Å². The molecule has 0 aromatic heterocycles. The fraction of sp³-hybridized carbons (Fsp3) is 0.864. The van der Waals surface area contributed by atoms with Gasteiger partial charge in [-0.1, -0.05) is 45.8 Å². The predicted molar refractivity (Wildman–Crippen MR) is 101 cm³/mol. The normalized spacial score (nSPS) is 30.1. The molecule has 0 aliphatic heterocycles. The van der Waals surface area contributed by atoms with Crippen molar-refractivity contribution in [3.63, 3.8) is 0 Å². The number of rotatable bonds is 11. The van der Waals surface area contributed by atoms with Gasteiger partial charge in [0.05, 0.1) is 5.92 Å². The maximum absolute atomic E-state index is 12.9. The van der Waals surface area contributed by atoms with E-state index in [2.05, 4.69) is 32.9 Å². The zero-order valence-corrected chi connectivity index (χ0v) is 16.2. The molecule has 0 aromatic carbocycles. The molecule has 2 bridgehead atoms. The predicted octanol–water partition coefficient (Wildman–Crippen LogP) is 6.44. The smallest absolute Gasteiger partial charge is 0.309 e. The largest absolute Gasteiger partial charge is 0.459 e. The summed E-state index contributed by atoms with van der Waals surface area (Å²) in [5.41, 5.74) is -0.118. The van der Waals surface area contributed by atoms with Gasteiger partial charge in [-0.05, 0) is 76.0 Å². The maximum atomic E-state index is 12.9. The van der Waals surface area contributed by atoms with Gasteiger partial charge >= 0.3 is 5.97 Å². The number of hydrogen-bond acceptors (Lipinski definition) is 2. The number of esters is 1. The van der Waals surface area contributed by atoms with Gasteiger partial charge in [-0.25, -0.2) is 0 Å². The number of allylic oxidation sites excluding steroid dienone is 2. The summed E-state index contributed by atoms with van der Waals surface area (Å²) in [5, 5.41) is 0. The monoisotopic (exact) mass is 334 g/mol. The van der Waals surface area contributed by atoms with Gasteiger partial charge in [0.1, 0.15) is 5.60 Å².